The molecule has 1 unspecified atom stereocenters. The van der Waals surface area contributed by atoms with E-state index in [1.807, 2.05) is 0 Å². The highest BCUT2D eigenvalue weighted by atomic mass is 79.9. The highest BCUT2D eigenvalue weighted by Gasteiger charge is 2.19. The van der Waals surface area contributed by atoms with Crippen molar-refractivity contribution in [1.82, 2.24) is 0 Å². The van der Waals surface area contributed by atoms with E-state index >= 15 is 0 Å². The van der Waals surface area contributed by atoms with E-state index in [9.17, 15) is 0 Å². The van der Waals surface area contributed by atoms with Gasteiger partial charge in [0, 0.05) is 17.0 Å². The van der Waals surface area contributed by atoms with Crippen LogP contribution in [0.15, 0.2) is 22.7 Å². The molecule has 0 radical (unpaired) electrons. The van der Waals surface area contributed by atoms with Gasteiger partial charge in [-0.05, 0) is 43.0 Å². The normalized spacial score (nSPS) is 20.2. The van der Waals surface area contributed by atoms with Gasteiger partial charge in [-0.1, -0.05) is 28.1 Å². The topological polar surface area (TPSA) is 35.2 Å². The van der Waals surface area contributed by atoms with Gasteiger partial charge in [0.1, 0.15) is 0 Å². The standard InChI is InChI=1S/C13H18BrNO/c14-13-8-10(2-1-6-15)3-4-12(13)11-5-7-16-9-11/h3-4,8,11H,1-2,5-7,9,15H2. The minimum atomic E-state index is 0.568. The molecule has 0 amide bonds. The first-order chi connectivity index (χ1) is 7.81. The molecule has 1 aromatic carbocycles. The smallest absolute Gasteiger partial charge is 0.0535 e. The summed E-state index contributed by atoms with van der Waals surface area (Å²) in [5.74, 6) is 0.568. The molecule has 0 spiro atoms. The Hall–Kier alpha value is -0.380. The lowest BCUT2D eigenvalue weighted by Crippen LogP contribution is -2.02. The second-order valence-corrected chi connectivity index (χ2v) is 5.16. The predicted octanol–water partition coefficient (Wildman–Crippen LogP) is 2.84. The zero-order chi connectivity index (χ0) is 11.4. The van der Waals surface area contributed by atoms with Gasteiger partial charge in [-0.15, -0.1) is 0 Å². The van der Waals surface area contributed by atoms with Gasteiger partial charge in [0.25, 0.3) is 0 Å². The third-order valence-electron chi connectivity index (χ3n) is 3.10. The molecule has 88 valence electrons. The number of aryl methyl sites for hydroxylation is 1. The van der Waals surface area contributed by atoms with Crippen molar-refractivity contribution in [2.24, 2.45) is 5.73 Å². The molecular formula is C13H18BrNO. The van der Waals surface area contributed by atoms with Crippen molar-refractivity contribution in [1.29, 1.82) is 0 Å². The fourth-order valence-corrected chi connectivity index (χ4v) is 2.89. The molecular weight excluding hydrogens is 266 g/mol. The summed E-state index contributed by atoms with van der Waals surface area (Å²) >= 11 is 3.66. The highest BCUT2D eigenvalue weighted by molar-refractivity contribution is 9.10. The van der Waals surface area contributed by atoms with Crippen LogP contribution in [0.25, 0.3) is 0 Å². The Morgan fingerprint density at radius 2 is 2.31 bits per heavy atom. The summed E-state index contributed by atoms with van der Waals surface area (Å²) in [6, 6.07) is 6.67. The van der Waals surface area contributed by atoms with E-state index in [1.165, 1.54) is 15.6 Å². The molecule has 1 aliphatic rings. The zero-order valence-electron chi connectivity index (χ0n) is 9.42. The van der Waals surface area contributed by atoms with Crippen molar-refractivity contribution < 1.29 is 4.74 Å². The van der Waals surface area contributed by atoms with Gasteiger partial charge >= 0.3 is 0 Å². The van der Waals surface area contributed by atoms with Crippen LogP contribution in [0.5, 0.6) is 0 Å². The zero-order valence-corrected chi connectivity index (χ0v) is 11.0. The van der Waals surface area contributed by atoms with Crippen molar-refractivity contribution in [3.05, 3.63) is 33.8 Å². The van der Waals surface area contributed by atoms with Crippen molar-refractivity contribution in [3.63, 3.8) is 0 Å². The molecule has 2 N–H and O–H groups in total. The van der Waals surface area contributed by atoms with Gasteiger partial charge in [0.15, 0.2) is 0 Å². The summed E-state index contributed by atoms with van der Waals surface area (Å²) in [7, 11) is 0. The lowest BCUT2D eigenvalue weighted by molar-refractivity contribution is 0.194. The monoisotopic (exact) mass is 283 g/mol. The molecule has 1 saturated heterocycles. The van der Waals surface area contributed by atoms with E-state index in [1.54, 1.807) is 0 Å². The number of ether oxygens (including phenoxy) is 1. The molecule has 0 aliphatic carbocycles. The van der Waals surface area contributed by atoms with Gasteiger partial charge in [-0.25, -0.2) is 0 Å². The quantitative estimate of drug-likeness (QED) is 0.922. The van der Waals surface area contributed by atoms with Crippen LogP contribution in [-0.2, 0) is 11.2 Å². The van der Waals surface area contributed by atoms with Gasteiger partial charge in [-0.2, -0.15) is 0 Å². The predicted molar refractivity (Wildman–Crippen MR) is 69.7 cm³/mol. The molecule has 16 heavy (non-hydrogen) atoms. The van der Waals surface area contributed by atoms with Crippen LogP contribution in [0.2, 0.25) is 0 Å². The van der Waals surface area contributed by atoms with Crippen LogP contribution < -0.4 is 5.73 Å². The Morgan fingerprint density at radius 1 is 1.44 bits per heavy atom. The molecule has 0 bridgehead atoms. The molecule has 1 aromatic rings. The van der Waals surface area contributed by atoms with E-state index in [4.69, 9.17) is 10.5 Å². The number of nitrogens with two attached hydrogens (primary N) is 1. The lowest BCUT2D eigenvalue weighted by Gasteiger charge is -2.12. The van der Waals surface area contributed by atoms with Crippen molar-refractivity contribution >= 4 is 15.9 Å². The maximum absolute atomic E-state index is 5.52. The first kappa shape index (κ1) is 12.1. The van der Waals surface area contributed by atoms with Crippen molar-refractivity contribution in [2.45, 2.75) is 25.2 Å². The Bertz CT molecular complexity index is 348. The molecule has 1 aliphatic heterocycles. The molecule has 1 heterocycles. The summed E-state index contributed by atoms with van der Waals surface area (Å²) in [6.07, 6.45) is 3.26. The first-order valence-electron chi connectivity index (χ1n) is 5.87. The Morgan fingerprint density at radius 3 is 2.94 bits per heavy atom. The van der Waals surface area contributed by atoms with E-state index in [0.717, 1.165) is 39.0 Å². The van der Waals surface area contributed by atoms with Crippen LogP contribution in [-0.4, -0.2) is 19.8 Å². The van der Waals surface area contributed by atoms with Crippen LogP contribution in [0.1, 0.15) is 29.9 Å². The van der Waals surface area contributed by atoms with Gasteiger partial charge in [0.2, 0.25) is 0 Å². The number of halogens is 1. The molecule has 2 nitrogen and oxygen atoms in total. The highest BCUT2D eigenvalue weighted by Crippen LogP contribution is 2.31. The average molecular weight is 284 g/mol. The van der Waals surface area contributed by atoms with Gasteiger partial charge < -0.3 is 10.5 Å². The van der Waals surface area contributed by atoms with Crippen molar-refractivity contribution in [2.75, 3.05) is 19.8 Å². The van der Waals surface area contributed by atoms with Crippen LogP contribution >= 0.6 is 15.9 Å². The third-order valence-corrected chi connectivity index (χ3v) is 3.79. The largest absolute Gasteiger partial charge is 0.381 e. The minimum absolute atomic E-state index is 0.568. The Labute approximate surface area is 105 Å². The third kappa shape index (κ3) is 2.84. The molecule has 3 heteroatoms. The van der Waals surface area contributed by atoms with Crippen LogP contribution in [0.4, 0.5) is 0 Å². The maximum Gasteiger partial charge on any atom is 0.0535 e. The second-order valence-electron chi connectivity index (χ2n) is 4.31. The second kappa shape index (κ2) is 5.80. The molecule has 0 saturated carbocycles. The van der Waals surface area contributed by atoms with E-state index in [0.29, 0.717) is 5.92 Å². The van der Waals surface area contributed by atoms with Crippen LogP contribution in [0.3, 0.4) is 0 Å². The van der Waals surface area contributed by atoms with E-state index in [-0.39, 0.29) is 0 Å². The lowest BCUT2D eigenvalue weighted by atomic mass is 9.96. The summed E-state index contributed by atoms with van der Waals surface area (Å²) in [5.41, 5.74) is 8.26. The van der Waals surface area contributed by atoms with Crippen LogP contribution in [0, 0.1) is 0 Å². The summed E-state index contributed by atoms with van der Waals surface area (Å²) in [5, 5.41) is 0. The fraction of sp³-hybridized carbons (Fsp3) is 0.538. The molecule has 2 rings (SSSR count). The van der Waals surface area contributed by atoms with E-state index < -0.39 is 0 Å². The average Bonchev–Trinajstić information content (AvgIpc) is 2.80. The first-order valence-corrected chi connectivity index (χ1v) is 6.66. The number of rotatable bonds is 4. The Balaban J connectivity index is 2.09. The molecule has 1 atom stereocenters. The minimum Gasteiger partial charge on any atom is -0.381 e. The fourth-order valence-electron chi connectivity index (χ4n) is 2.14. The number of benzene rings is 1. The summed E-state index contributed by atoms with van der Waals surface area (Å²) in [6.45, 7) is 2.52. The number of hydrogen-bond donors (Lipinski definition) is 1. The summed E-state index contributed by atoms with van der Waals surface area (Å²) in [4.78, 5) is 0. The molecule has 0 aromatic heterocycles. The SMILES string of the molecule is NCCCc1ccc(C2CCOC2)c(Br)c1. The summed E-state index contributed by atoms with van der Waals surface area (Å²) < 4.78 is 6.64. The van der Waals surface area contributed by atoms with Crippen molar-refractivity contribution in [3.8, 4) is 0 Å². The maximum atomic E-state index is 5.52. The molecule has 1 fully saturated rings. The number of hydrogen-bond acceptors (Lipinski definition) is 2. The Kier molecular flexibility index (Phi) is 4.38. The van der Waals surface area contributed by atoms with Gasteiger partial charge in [-0.3, -0.25) is 0 Å². The van der Waals surface area contributed by atoms with Gasteiger partial charge in [0.05, 0.1) is 6.61 Å². The van der Waals surface area contributed by atoms with E-state index in [2.05, 4.69) is 34.1 Å².